The van der Waals surface area contributed by atoms with Crippen LogP contribution in [0.2, 0.25) is 0 Å². The van der Waals surface area contributed by atoms with Crippen molar-refractivity contribution in [3.8, 4) is 11.5 Å². The van der Waals surface area contributed by atoms with Gasteiger partial charge in [0.2, 0.25) is 0 Å². The Morgan fingerprint density at radius 2 is 1.73 bits per heavy atom. The fourth-order valence-electron chi connectivity index (χ4n) is 3.16. The van der Waals surface area contributed by atoms with Gasteiger partial charge in [0, 0.05) is 32.3 Å². The highest BCUT2D eigenvalue weighted by Crippen LogP contribution is 2.24. The molecule has 1 heterocycles. The van der Waals surface area contributed by atoms with E-state index >= 15 is 0 Å². The van der Waals surface area contributed by atoms with Crippen molar-refractivity contribution in [3.63, 3.8) is 0 Å². The van der Waals surface area contributed by atoms with Crippen LogP contribution in [0.3, 0.4) is 0 Å². The van der Waals surface area contributed by atoms with Gasteiger partial charge in [-0.25, -0.2) is 0 Å². The molecule has 0 spiro atoms. The monoisotopic (exact) mass is 349 g/mol. The molecule has 0 fully saturated rings. The molecule has 0 aliphatic rings. The fraction of sp³-hybridized carbons (Fsp3) is 0.318. The Morgan fingerprint density at radius 1 is 1.04 bits per heavy atom. The maximum Gasteiger partial charge on any atom is 0.127 e. The molecule has 3 aromatic rings. The Kier molecular flexibility index (Phi) is 6.08. The Balaban J connectivity index is 1.56. The van der Waals surface area contributed by atoms with Crippen LogP contribution in [0.25, 0.3) is 0 Å². The van der Waals surface area contributed by atoms with E-state index in [9.17, 15) is 0 Å². The lowest BCUT2D eigenvalue weighted by Gasteiger charge is -2.18. The van der Waals surface area contributed by atoms with E-state index < -0.39 is 0 Å². The zero-order valence-corrected chi connectivity index (χ0v) is 15.8. The molecule has 0 amide bonds. The molecule has 0 saturated heterocycles. The Bertz CT molecular complexity index is 809. The van der Waals surface area contributed by atoms with E-state index in [-0.39, 0.29) is 0 Å². The number of benzene rings is 2. The van der Waals surface area contributed by atoms with Gasteiger partial charge >= 0.3 is 0 Å². The van der Waals surface area contributed by atoms with Gasteiger partial charge in [-0.15, -0.1) is 0 Å². The molecule has 1 N–H and O–H groups in total. The second kappa shape index (κ2) is 8.68. The SMILES string of the molecule is CCC(NCCc1nn(C)cc1C)c1ccc(Oc2ccccc2)cc1. The number of ether oxygens (including phenoxy) is 1. The maximum atomic E-state index is 5.87. The van der Waals surface area contributed by atoms with Crippen LogP contribution in [0.5, 0.6) is 11.5 Å². The minimum Gasteiger partial charge on any atom is -0.457 e. The average molecular weight is 349 g/mol. The minimum absolute atomic E-state index is 0.338. The second-order valence-electron chi connectivity index (χ2n) is 6.58. The molecular formula is C22H27N3O. The summed E-state index contributed by atoms with van der Waals surface area (Å²) in [5.74, 6) is 1.72. The molecule has 0 bridgehead atoms. The molecule has 1 aromatic heterocycles. The smallest absolute Gasteiger partial charge is 0.127 e. The van der Waals surface area contributed by atoms with Gasteiger partial charge in [-0.1, -0.05) is 37.3 Å². The van der Waals surface area contributed by atoms with Crippen LogP contribution >= 0.6 is 0 Å². The average Bonchev–Trinajstić information content (AvgIpc) is 2.98. The van der Waals surface area contributed by atoms with Crippen LogP contribution in [0.15, 0.2) is 60.8 Å². The molecule has 0 aliphatic heterocycles. The Hall–Kier alpha value is -2.59. The van der Waals surface area contributed by atoms with E-state index in [0.717, 1.165) is 30.9 Å². The van der Waals surface area contributed by atoms with Gasteiger partial charge in [0.1, 0.15) is 11.5 Å². The van der Waals surface area contributed by atoms with Gasteiger partial charge in [0.05, 0.1) is 5.69 Å². The standard InChI is InChI=1S/C22H27N3O/c1-4-21(23-15-14-22-17(2)16-25(3)24-22)18-10-12-20(13-11-18)26-19-8-6-5-7-9-19/h5-13,16,21,23H,4,14-15H2,1-3H3. The molecule has 0 saturated carbocycles. The molecule has 0 radical (unpaired) electrons. The lowest BCUT2D eigenvalue weighted by molar-refractivity contribution is 0.480. The molecule has 3 rings (SSSR count). The summed E-state index contributed by atoms with van der Waals surface area (Å²) in [6.07, 6.45) is 4.05. The van der Waals surface area contributed by atoms with Gasteiger partial charge in [0.15, 0.2) is 0 Å². The first-order chi connectivity index (χ1) is 12.7. The van der Waals surface area contributed by atoms with Gasteiger partial charge < -0.3 is 10.1 Å². The zero-order chi connectivity index (χ0) is 18.4. The van der Waals surface area contributed by atoms with Gasteiger partial charge in [0.25, 0.3) is 0 Å². The van der Waals surface area contributed by atoms with Crippen LogP contribution in [-0.4, -0.2) is 16.3 Å². The van der Waals surface area contributed by atoms with Crippen molar-refractivity contribution in [2.45, 2.75) is 32.7 Å². The summed E-state index contributed by atoms with van der Waals surface area (Å²) in [5.41, 5.74) is 3.71. The van der Waals surface area contributed by atoms with Crippen LogP contribution in [-0.2, 0) is 13.5 Å². The van der Waals surface area contributed by atoms with Crippen molar-refractivity contribution in [1.29, 1.82) is 0 Å². The highest BCUT2D eigenvalue weighted by Gasteiger charge is 2.10. The lowest BCUT2D eigenvalue weighted by Crippen LogP contribution is -2.23. The summed E-state index contributed by atoms with van der Waals surface area (Å²) in [7, 11) is 1.97. The van der Waals surface area contributed by atoms with Crippen LogP contribution in [0.4, 0.5) is 0 Å². The van der Waals surface area contributed by atoms with Gasteiger partial charge in [-0.05, 0) is 48.7 Å². The van der Waals surface area contributed by atoms with Gasteiger partial charge in [-0.3, -0.25) is 4.68 Å². The second-order valence-corrected chi connectivity index (χ2v) is 6.58. The Morgan fingerprint density at radius 3 is 2.35 bits per heavy atom. The van der Waals surface area contributed by atoms with Crippen molar-refractivity contribution in [3.05, 3.63) is 77.6 Å². The molecule has 4 nitrogen and oxygen atoms in total. The van der Waals surface area contributed by atoms with Crippen molar-refractivity contribution < 1.29 is 4.74 Å². The quantitative estimate of drug-likeness (QED) is 0.635. The summed E-state index contributed by atoms with van der Waals surface area (Å²) in [5, 5.41) is 8.17. The normalized spacial score (nSPS) is 12.1. The van der Waals surface area contributed by atoms with E-state index in [1.54, 1.807) is 0 Å². The molecule has 0 aliphatic carbocycles. The molecule has 1 unspecified atom stereocenters. The summed E-state index contributed by atoms with van der Waals surface area (Å²) in [4.78, 5) is 0. The van der Waals surface area contributed by atoms with E-state index in [1.165, 1.54) is 16.8 Å². The number of hydrogen-bond acceptors (Lipinski definition) is 3. The zero-order valence-electron chi connectivity index (χ0n) is 15.8. The van der Waals surface area contributed by atoms with Crippen molar-refractivity contribution in [2.24, 2.45) is 7.05 Å². The number of nitrogens with one attached hydrogen (secondary N) is 1. The first-order valence-corrected chi connectivity index (χ1v) is 9.21. The number of nitrogens with zero attached hydrogens (tertiary/aromatic N) is 2. The van der Waals surface area contributed by atoms with Crippen molar-refractivity contribution in [2.75, 3.05) is 6.54 Å². The topological polar surface area (TPSA) is 39.1 Å². The molecule has 1 atom stereocenters. The molecular weight excluding hydrogens is 322 g/mol. The maximum absolute atomic E-state index is 5.87. The van der Waals surface area contributed by atoms with Crippen LogP contribution < -0.4 is 10.1 Å². The summed E-state index contributed by atoms with van der Waals surface area (Å²) >= 11 is 0. The van der Waals surface area contributed by atoms with Crippen molar-refractivity contribution in [1.82, 2.24) is 15.1 Å². The van der Waals surface area contributed by atoms with Crippen LogP contribution in [0.1, 0.15) is 36.2 Å². The highest BCUT2D eigenvalue weighted by atomic mass is 16.5. The predicted molar refractivity (Wildman–Crippen MR) is 106 cm³/mol. The third-order valence-electron chi connectivity index (χ3n) is 4.54. The first kappa shape index (κ1) is 18.2. The predicted octanol–water partition coefficient (Wildman–Crippen LogP) is 4.80. The molecule has 4 heteroatoms. The number of para-hydroxylation sites is 1. The number of aromatic nitrogens is 2. The molecule has 136 valence electrons. The molecule has 2 aromatic carbocycles. The third-order valence-corrected chi connectivity index (χ3v) is 4.54. The van der Waals surface area contributed by atoms with E-state index in [1.807, 2.05) is 54.2 Å². The number of aryl methyl sites for hydroxylation is 2. The summed E-state index contributed by atoms with van der Waals surface area (Å²) in [6.45, 7) is 5.24. The third kappa shape index (κ3) is 4.73. The minimum atomic E-state index is 0.338. The molecule has 26 heavy (non-hydrogen) atoms. The summed E-state index contributed by atoms with van der Waals surface area (Å²) < 4.78 is 7.75. The van der Waals surface area contributed by atoms with Crippen LogP contribution in [0, 0.1) is 6.92 Å². The highest BCUT2D eigenvalue weighted by molar-refractivity contribution is 5.34. The largest absolute Gasteiger partial charge is 0.457 e. The van der Waals surface area contributed by atoms with E-state index in [4.69, 9.17) is 4.74 Å². The van der Waals surface area contributed by atoms with E-state index in [0.29, 0.717) is 6.04 Å². The van der Waals surface area contributed by atoms with E-state index in [2.05, 4.69) is 42.6 Å². The fourth-order valence-corrected chi connectivity index (χ4v) is 3.16. The Labute approximate surface area is 155 Å². The first-order valence-electron chi connectivity index (χ1n) is 9.21. The van der Waals surface area contributed by atoms with Crippen molar-refractivity contribution >= 4 is 0 Å². The summed E-state index contributed by atoms with van der Waals surface area (Å²) in [6, 6.07) is 18.6. The number of hydrogen-bond donors (Lipinski definition) is 1. The lowest BCUT2D eigenvalue weighted by atomic mass is 10.0. The number of rotatable bonds is 8. The van der Waals surface area contributed by atoms with Gasteiger partial charge in [-0.2, -0.15) is 5.10 Å².